The van der Waals surface area contributed by atoms with Gasteiger partial charge in [-0.2, -0.15) is 0 Å². The van der Waals surface area contributed by atoms with Crippen molar-refractivity contribution in [3.63, 3.8) is 0 Å². The number of hydrogen-bond donors (Lipinski definition) is 4. The fourth-order valence-corrected chi connectivity index (χ4v) is 3.58. The van der Waals surface area contributed by atoms with Crippen LogP contribution in [0.1, 0.15) is 38.7 Å². The molecule has 9 nitrogen and oxygen atoms in total. The molecule has 3 amide bonds. The quantitative estimate of drug-likeness (QED) is 0.418. The smallest absolute Gasteiger partial charge is 0.326 e. The number of benzene rings is 1. The maximum atomic E-state index is 13.1. The lowest BCUT2D eigenvalue weighted by Crippen LogP contribution is -2.54. The lowest BCUT2D eigenvalue weighted by atomic mass is 9.99. The normalized spacial score (nSPS) is 18.7. The molecule has 1 heterocycles. The first kappa shape index (κ1) is 24.3. The minimum Gasteiger partial charge on any atom is -0.480 e. The molecule has 0 saturated carbocycles. The van der Waals surface area contributed by atoms with Crippen LogP contribution in [-0.4, -0.2) is 64.9 Å². The molecule has 31 heavy (non-hydrogen) atoms. The van der Waals surface area contributed by atoms with E-state index in [1.165, 1.54) is 4.90 Å². The molecule has 1 aromatic carbocycles. The van der Waals surface area contributed by atoms with Crippen LogP contribution in [0.15, 0.2) is 30.3 Å². The van der Waals surface area contributed by atoms with Gasteiger partial charge < -0.3 is 26.4 Å². The molecule has 0 aliphatic carbocycles. The van der Waals surface area contributed by atoms with Gasteiger partial charge in [-0.15, -0.1) is 0 Å². The van der Waals surface area contributed by atoms with E-state index in [2.05, 4.69) is 10.6 Å². The third-order valence-corrected chi connectivity index (χ3v) is 5.72. The number of nitrogens with zero attached hydrogens (tertiary/aromatic N) is 1. The van der Waals surface area contributed by atoms with Gasteiger partial charge in [-0.3, -0.25) is 14.4 Å². The van der Waals surface area contributed by atoms with Crippen LogP contribution >= 0.6 is 0 Å². The molecule has 1 aliphatic heterocycles. The molecule has 170 valence electrons. The SMILES string of the molecule is CCC(C)C(N)C(=O)NCC(=O)NC(Cc1ccccc1)C(=O)N1CCCC1C(=O)O. The second-order valence-electron chi connectivity index (χ2n) is 7.97. The summed E-state index contributed by atoms with van der Waals surface area (Å²) >= 11 is 0. The number of carbonyl (C=O) groups is 4. The van der Waals surface area contributed by atoms with Crippen molar-refractivity contribution in [1.29, 1.82) is 0 Å². The molecule has 1 saturated heterocycles. The number of hydrogen-bond acceptors (Lipinski definition) is 5. The summed E-state index contributed by atoms with van der Waals surface area (Å²) in [6.07, 6.45) is 1.93. The van der Waals surface area contributed by atoms with Gasteiger partial charge in [0.15, 0.2) is 0 Å². The molecule has 1 fully saturated rings. The molecule has 4 unspecified atom stereocenters. The Kier molecular flexibility index (Phi) is 8.99. The van der Waals surface area contributed by atoms with Crippen molar-refractivity contribution in [2.45, 2.75) is 57.7 Å². The Hall–Kier alpha value is -2.94. The summed E-state index contributed by atoms with van der Waals surface area (Å²) in [7, 11) is 0. The molecule has 1 aromatic rings. The van der Waals surface area contributed by atoms with E-state index in [1.807, 2.05) is 44.2 Å². The van der Waals surface area contributed by atoms with E-state index in [4.69, 9.17) is 5.73 Å². The van der Waals surface area contributed by atoms with Crippen LogP contribution in [0, 0.1) is 5.92 Å². The van der Waals surface area contributed by atoms with Crippen LogP contribution in [0.2, 0.25) is 0 Å². The predicted molar refractivity (Wildman–Crippen MR) is 115 cm³/mol. The second-order valence-corrected chi connectivity index (χ2v) is 7.97. The summed E-state index contributed by atoms with van der Waals surface area (Å²) in [6, 6.07) is 6.61. The Balaban J connectivity index is 2.06. The van der Waals surface area contributed by atoms with Gasteiger partial charge in [-0.05, 0) is 24.3 Å². The number of likely N-dealkylation sites (tertiary alicyclic amines) is 1. The Bertz CT molecular complexity index is 785. The fourth-order valence-electron chi connectivity index (χ4n) is 3.58. The molecule has 9 heteroatoms. The number of nitrogens with one attached hydrogen (secondary N) is 2. The third kappa shape index (κ3) is 6.78. The molecule has 2 rings (SSSR count). The highest BCUT2D eigenvalue weighted by molar-refractivity contribution is 5.93. The van der Waals surface area contributed by atoms with Crippen LogP contribution in [0.3, 0.4) is 0 Å². The molecule has 0 bridgehead atoms. The van der Waals surface area contributed by atoms with Crippen LogP contribution in [0.5, 0.6) is 0 Å². The van der Waals surface area contributed by atoms with Crippen molar-refractivity contribution in [3.8, 4) is 0 Å². The van der Waals surface area contributed by atoms with Crippen molar-refractivity contribution >= 4 is 23.7 Å². The lowest BCUT2D eigenvalue weighted by Gasteiger charge is -2.27. The van der Waals surface area contributed by atoms with E-state index in [0.29, 0.717) is 19.4 Å². The van der Waals surface area contributed by atoms with E-state index in [-0.39, 0.29) is 18.9 Å². The second kappa shape index (κ2) is 11.5. The van der Waals surface area contributed by atoms with E-state index in [0.717, 1.165) is 12.0 Å². The number of aliphatic carboxylic acids is 1. The van der Waals surface area contributed by atoms with E-state index in [1.54, 1.807) is 0 Å². The predicted octanol–water partition coefficient (Wildman–Crippen LogP) is 0.279. The van der Waals surface area contributed by atoms with Gasteiger partial charge in [0.05, 0.1) is 12.6 Å². The Morgan fingerprint density at radius 1 is 1.23 bits per heavy atom. The van der Waals surface area contributed by atoms with Crippen molar-refractivity contribution in [2.75, 3.05) is 13.1 Å². The van der Waals surface area contributed by atoms with Crippen LogP contribution in [0.25, 0.3) is 0 Å². The lowest BCUT2D eigenvalue weighted by molar-refractivity contribution is -0.149. The zero-order valence-electron chi connectivity index (χ0n) is 18.0. The van der Waals surface area contributed by atoms with Gasteiger partial charge in [0.1, 0.15) is 12.1 Å². The minimum absolute atomic E-state index is 0.0291. The maximum absolute atomic E-state index is 13.1. The molecule has 0 aromatic heterocycles. The van der Waals surface area contributed by atoms with Crippen molar-refractivity contribution in [2.24, 2.45) is 11.7 Å². The number of carbonyl (C=O) groups excluding carboxylic acids is 3. The number of nitrogens with two attached hydrogens (primary N) is 1. The first-order chi connectivity index (χ1) is 14.7. The van der Waals surface area contributed by atoms with Crippen molar-refractivity contribution in [1.82, 2.24) is 15.5 Å². The van der Waals surface area contributed by atoms with E-state index < -0.39 is 41.8 Å². The average molecular weight is 433 g/mol. The summed E-state index contributed by atoms with van der Waals surface area (Å²) in [5, 5.41) is 14.6. The van der Waals surface area contributed by atoms with Crippen LogP contribution in [0.4, 0.5) is 0 Å². The Morgan fingerprint density at radius 3 is 2.52 bits per heavy atom. The van der Waals surface area contributed by atoms with Gasteiger partial charge in [-0.1, -0.05) is 50.6 Å². The average Bonchev–Trinajstić information content (AvgIpc) is 3.26. The summed E-state index contributed by atoms with van der Waals surface area (Å²) in [6.45, 7) is 3.79. The number of rotatable bonds is 10. The summed E-state index contributed by atoms with van der Waals surface area (Å²) < 4.78 is 0. The number of carboxylic acids is 1. The van der Waals surface area contributed by atoms with Crippen molar-refractivity contribution < 1.29 is 24.3 Å². The van der Waals surface area contributed by atoms with Gasteiger partial charge in [-0.25, -0.2) is 4.79 Å². The summed E-state index contributed by atoms with van der Waals surface area (Å²) in [5.74, 6) is -2.49. The van der Waals surface area contributed by atoms with Gasteiger partial charge in [0, 0.05) is 13.0 Å². The highest BCUT2D eigenvalue weighted by Gasteiger charge is 2.37. The topological polar surface area (TPSA) is 142 Å². The summed E-state index contributed by atoms with van der Waals surface area (Å²) in [5.41, 5.74) is 6.70. The van der Waals surface area contributed by atoms with Crippen LogP contribution in [-0.2, 0) is 25.6 Å². The van der Waals surface area contributed by atoms with E-state index in [9.17, 15) is 24.3 Å². The largest absolute Gasteiger partial charge is 0.480 e. The van der Waals surface area contributed by atoms with Crippen molar-refractivity contribution in [3.05, 3.63) is 35.9 Å². The zero-order valence-corrected chi connectivity index (χ0v) is 18.0. The standard InChI is InChI=1S/C22H32N4O5/c1-3-14(2)19(23)20(28)24-13-18(27)25-16(12-15-8-5-4-6-9-15)21(29)26-11-7-10-17(26)22(30)31/h4-6,8-9,14,16-17,19H,3,7,10-13,23H2,1-2H3,(H,24,28)(H,25,27)(H,30,31). The highest BCUT2D eigenvalue weighted by Crippen LogP contribution is 2.19. The van der Waals surface area contributed by atoms with Gasteiger partial charge in [0.25, 0.3) is 0 Å². The molecule has 4 atom stereocenters. The fraction of sp³-hybridized carbons (Fsp3) is 0.545. The van der Waals surface area contributed by atoms with Gasteiger partial charge in [0.2, 0.25) is 17.7 Å². The first-order valence-electron chi connectivity index (χ1n) is 10.6. The molecular formula is C22H32N4O5. The molecule has 0 radical (unpaired) electrons. The van der Waals surface area contributed by atoms with Crippen LogP contribution < -0.4 is 16.4 Å². The number of carboxylic acid groups (broad SMARTS) is 1. The minimum atomic E-state index is -1.05. The maximum Gasteiger partial charge on any atom is 0.326 e. The first-order valence-corrected chi connectivity index (χ1v) is 10.6. The molecule has 5 N–H and O–H groups in total. The molecular weight excluding hydrogens is 400 g/mol. The Labute approximate surface area is 182 Å². The molecule has 0 spiro atoms. The third-order valence-electron chi connectivity index (χ3n) is 5.72. The zero-order chi connectivity index (χ0) is 23.0. The monoisotopic (exact) mass is 432 g/mol. The molecule has 1 aliphatic rings. The summed E-state index contributed by atoms with van der Waals surface area (Å²) in [4.78, 5) is 50.5. The highest BCUT2D eigenvalue weighted by atomic mass is 16.4. The number of amides is 3. The van der Waals surface area contributed by atoms with E-state index >= 15 is 0 Å². The van der Waals surface area contributed by atoms with Gasteiger partial charge >= 0.3 is 5.97 Å². The Morgan fingerprint density at radius 2 is 1.90 bits per heavy atom.